The lowest BCUT2D eigenvalue weighted by molar-refractivity contribution is -0.159. The zero-order chi connectivity index (χ0) is 19.6. The lowest BCUT2D eigenvalue weighted by Crippen LogP contribution is -2.48. The minimum absolute atomic E-state index is 0.164. The van der Waals surface area contributed by atoms with Crippen LogP contribution in [0.3, 0.4) is 0 Å². The molecule has 0 saturated heterocycles. The van der Waals surface area contributed by atoms with Gasteiger partial charge in [-0.05, 0) is 12.8 Å². The van der Waals surface area contributed by atoms with Crippen molar-refractivity contribution in [2.24, 2.45) is 5.73 Å². The van der Waals surface area contributed by atoms with Gasteiger partial charge >= 0.3 is 11.9 Å². The first-order valence-corrected chi connectivity index (χ1v) is 7.27. The van der Waals surface area contributed by atoms with Crippen molar-refractivity contribution in [3.63, 3.8) is 0 Å². The standard InChI is InChI=1S/C13H22N4O8/c1-17(25)10(19)5-3-8(12(22)15-6-11(20)21)16-9(18)4-2-7(14)13(23)24/h7-8,25H,2-6,14H2,1H3,(H,15,22)(H,16,18)(H,20,21)(H,23,24)/t7-,8-/m0/s1. The van der Waals surface area contributed by atoms with E-state index in [9.17, 15) is 24.0 Å². The maximum absolute atomic E-state index is 11.9. The second kappa shape index (κ2) is 10.9. The second-order valence-corrected chi connectivity index (χ2v) is 5.17. The number of hydrogen-bond donors (Lipinski definition) is 6. The average molecular weight is 362 g/mol. The van der Waals surface area contributed by atoms with Crippen molar-refractivity contribution in [2.45, 2.75) is 37.8 Å². The quantitative estimate of drug-likeness (QED) is 0.170. The minimum Gasteiger partial charge on any atom is -0.480 e. The normalized spacial score (nSPS) is 12.6. The highest BCUT2D eigenvalue weighted by Gasteiger charge is 2.23. The number of carboxylic acid groups (broad SMARTS) is 2. The Bertz CT molecular complexity index is 522. The maximum atomic E-state index is 11.9. The van der Waals surface area contributed by atoms with Crippen LogP contribution in [0.1, 0.15) is 25.7 Å². The Hall–Kier alpha value is -2.73. The van der Waals surface area contributed by atoms with Crippen molar-refractivity contribution in [2.75, 3.05) is 13.6 Å². The van der Waals surface area contributed by atoms with Crippen molar-refractivity contribution >= 4 is 29.7 Å². The molecule has 0 aromatic rings. The molecule has 0 aromatic heterocycles. The number of carboxylic acids is 2. The van der Waals surface area contributed by atoms with Gasteiger partial charge in [-0.3, -0.25) is 29.2 Å². The Morgan fingerprint density at radius 1 is 1.08 bits per heavy atom. The number of carbonyl (C=O) groups excluding carboxylic acids is 3. The summed E-state index contributed by atoms with van der Waals surface area (Å²) in [5.74, 6) is -4.79. The highest BCUT2D eigenvalue weighted by atomic mass is 16.5. The van der Waals surface area contributed by atoms with Gasteiger partial charge in [0.1, 0.15) is 18.6 Å². The number of nitrogens with zero attached hydrogens (tertiary/aromatic N) is 1. The maximum Gasteiger partial charge on any atom is 0.322 e. The van der Waals surface area contributed by atoms with Crippen LogP contribution >= 0.6 is 0 Å². The smallest absolute Gasteiger partial charge is 0.322 e. The molecule has 0 aliphatic carbocycles. The molecule has 142 valence electrons. The predicted molar refractivity (Wildman–Crippen MR) is 81.2 cm³/mol. The molecule has 2 atom stereocenters. The molecule has 0 bridgehead atoms. The summed E-state index contributed by atoms with van der Waals surface area (Å²) in [7, 11) is 1.09. The van der Waals surface area contributed by atoms with Crippen LogP contribution in [0, 0.1) is 0 Å². The highest BCUT2D eigenvalue weighted by molar-refractivity contribution is 5.90. The van der Waals surface area contributed by atoms with Crippen LogP contribution in [0.15, 0.2) is 0 Å². The molecule has 0 aliphatic heterocycles. The fourth-order valence-corrected chi connectivity index (χ4v) is 1.66. The van der Waals surface area contributed by atoms with E-state index in [1.54, 1.807) is 0 Å². The van der Waals surface area contributed by atoms with Crippen molar-refractivity contribution < 1.29 is 39.4 Å². The Labute approximate surface area is 142 Å². The monoisotopic (exact) mass is 362 g/mol. The molecule has 0 aromatic carbocycles. The number of hydrogen-bond acceptors (Lipinski definition) is 7. The number of carbonyl (C=O) groups is 5. The molecule has 0 spiro atoms. The first-order valence-electron chi connectivity index (χ1n) is 7.27. The zero-order valence-corrected chi connectivity index (χ0v) is 13.6. The fraction of sp³-hybridized carbons (Fsp3) is 0.615. The van der Waals surface area contributed by atoms with Crippen LogP contribution in [0.2, 0.25) is 0 Å². The Kier molecular flexibility index (Phi) is 9.74. The van der Waals surface area contributed by atoms with Crippen LogP contribution in [0.25, 0.3) is 0 Å². The van der Waals surface area contributed by atoms with E-state index >= 15 is 0 Å². The summed E-state index contributed by atoms with van der Waals surface area (Å²) in [4.78, 5) is 56.2. The highest BCUT2D eigenvalue weighted by Crippen LogP contribution is 2.03. The van der Waals surface area contributed by atoms with Crippen molar-refractivity contribution in [1.82, 2.24) is 15.7 Å². The summed E-state index contributed by atoms with van der Waals surface area (Å²) in [6.07, 6.45) is -0.911. The van der Waals surface area contributed by atoms with Gasteiger partial charge in [-0.1, -0.05) is 0 Å². The molecule has 0 aliphatic rings. The van der Waals surface area contributed by atoms with E-state index in [4.69, 9.17) is 21.2 Å². The molecule has 0 fully saturated rings. The molecule has 0 unspecified atom stereocenters. The molecular formula is C13H22N4O8. The molecule has 25 heavy (non-hydrogen) atoms. The second-order valence-electron chi connectivity index (χ2n) is 5.17. The van der Waals surface area contributed by atoms with E-state index in [0.717, 1.165) is 7.05 Å². The molecule has 12 nitrogen and oxygen atoms in total. The molecular weight excluding hydrogens is 340 g/mol. The van der Waals surface area contributed by atoms with Crippen molar-refractivity contribution in [3.05, 3.63) is 0 Å². The van der Waals surface area contributed by atoms with Crippen LogP contribution in [-0.4, -0.2) is 75.8 Å². The lowest BCUT2D eigenvalue weighted by atomic mass is 10.1. The summed E-state index contributed by atoms with van der Waals surface area (Å²) in [6, 6.07) is -2.47. The summed E-state index contributed by atoms with van der Waals surface area (Å²) >= 11 is 0. The third-order valence-electron chi connectivity index (χ3n) is 3.07. The van der Waals surface area contributed by atoms with Crippen molar-refractivity contribution in [3.8, 4) is 0 Å². The van der Waals surface area contributed by atoms with Gasteiger partial charge in [-0.15, -0.1) is 0 Å². The molecule has 0 rings (SSSR count). The van der Waals surface area contributed by atoms with E-state index in [0.29, 0.717) is 5.06 Å². The first kappa shape index (κ1) is 22.3. The number of nitrogens with two attached hydrogens (primary N) is 1. The number of nitrogens with one attached hydrogen (secondary N) is 2. The Morgan fingerprint density at radius 2 is 1.68 bits per heavy atom. The SMILES string of the molecule is CN(O)C(=O)CC[C@H](NC(=O)CC[C@H](N)C(=O)O)C(=O)NCC(=O)O. The largest absolute Gasteiger partial charge is 0.480 e. The first-order chi connectivity index (χ1) is 11.5. The zero-order valence-electron chi connectivity index (χ0n) is 13.6. The van der Waals surface area contributed by atoms with E-state index in [-0.39, 0.29) is 25.7 Å². The van der Waals surface area contributed by atoms with Crippen LogP contribution in [0.5, 0.6) is 0 Å². The van der Waals surface area contributed by atoms with Crippen LogP contribution < -0.4 is 16.4 Å². The van der Waals surface area contributed by atoms with Gasteiger partial charge in [-0.2, -0.15) is 0 Å². The van der Waals surface area contributed by atoms with Gasteiger partial charge in [0.15, 0.2) is 0 Å². The van der Waals surface area contributed by atoms with E-state index in [2.05, 4.69) is 10.6 Å². The molecule has 3 amide bonds. The third kappa shape index (κ3) is 9.88. The van der Waals surface area contributed by atoms with Gasteiger partial charge in [0, 0.05) is 19.9 Å². The fourth-order valence-electron chi connectivity index (χ4n) is 1.66. The lowest BCUT2D eigenvalue weighted by Gasteiger charge is -2.19. The van der Waals surface area contributed by atoms with E-state index < -0.39 is 48.3 Å². The van der Waals surface area contributed by atoms with Gasteiger partial charge in [0.25, 0.3) is 0 Å². The van der Waals surface area contributed by atoms with Gasteiger partial charge in [0.2, 0.25) is 17.7 Å². The van der Waals surface area contributed by atoms with Crippen LogP contribution in [0.4, 0.5) is 0 Å². The Morgan fingerprint density at radius 3 is 2.16 bits per heavy atom. The van der Waals surface area contributed by atoms with Gasteiger partial charge in [-0.25, -0.2) is 5.06 Å². The molecule has 0 heterocycles. The molecule has 0 radical (unpaired) electrons. The summed E-state index contributed by atoms with van der Waals surface area (Å²) in [6.45, 7) is -0.678. The summed E-state index contributed by atoms with van der Waals surface area (Å²) in [5.41, 5.74) is 5.27. The van der Waals surface area contributed by atoms with Crippen LogP contribution in [-0.2, 0) is 24.0 Å². The van der Waals surface area contributed by atoms with E-state index in [1.807, 2.05) is 0 Å². The average Bonchev–Trinajstić information content (AvgIpc) is 2.53. The minimum atomic E-state index is -1.29. The summed E-state index contributed by atoms with van der Waals surface area (Å²) in [5, 5.41) is 30.8. The molecule has 12 heteroatoms. The van der Waals surface area contributed by atoms with E-state index in [1.165, 1.54) is 0 Å². The predicted octanol–water partition coefficient (Wildman–Crippen LogP) is -2.51. The number of aliphatic carboxylic acids is 2. The van der Waals surface area contributed by atoms with Gasteiger partial charge < -0.3 is 26.6 Å². The third-order valence-corrected chi connectivity index (χ3v) is 3.07. The number of hydroxylamine groups is 2. The van der Waals surface area contributed by atoms with Gasteiger partial charge in [0.05, 0.1) is 0 Å². The molecule has 7 N–H and O–H groups in total. The Balaban J connectivity index is 4.72. The number of amides is 3. The summed E-state index contributed by atoms with van der Waals surface area (Å²) < 4.78 is 0. The number of rotatable bonds is 11. The van der Waals surface area contributed by atoms with Crippen molar-refractivity contribution in [1.29, 1.82) is 0 Å². The molecule has 0 saturated carbocycles. The topological polar surface area (TPSA) is 199 Å².